The molecule has 2 aliphatic carbocycles. The van der Waals surface area contributed by atoms with Crippen LogP contribution in [0.2, 0.25) is 5.02 Å². The Morgan fingerprint density at radius 2 is 1.95 bits per heavy atom. The Labute approximate surface area is 248 Å². The number of anilines is 1. The van der Waals surface area contributed by atoms with Crippen molar-refractivity contribution in [2.24, 2.45) is 11.8 Å². The Bertz CT molecular complexity index is 1290. The molecule has 1 saturated carbocycles. The third-order valence-electron chi connectivity index (χ3n) is 9.00. The lowest BCUT2D eigenvalue weighted by Crippen LogP contribution is -2.48. The largest absolute Gasteiger partial charge is 0.490 e. The van der Waals surface area contributed by atoms with Crippen LogP contribution in [0.1, 0.15) is 75.5 Å². The van der Waals surface area contributed by atoms with Gasteiger partial charge in [-0.15, -0.1) is 0 Å². The van der Waals surface area contributed by atoms with Gasteiger partial charge in [-0.05, 0) is 106 Å². The van der Waals surface area contributed by atoms with Crippen LogP contribution in [-0.2, 0) is 30.9 Å². The molecule has 7 nitrogen and oxygen atoms in total. The smallest absolute Gasteiger partial charge is 0.313 e. The molecule has 1 aliphatic heterocycles. The minimum Gasteiger partial charge on any atom is -0.490 e. The zero-order valence-electron chi connectivity index (χ0n) is 24.6. The molecule has 222 valence electrons. The van der Waals surface area contributed by atoms with Gasteiger partial charge in [0.15, 0.2) is 0 Å². The van der Waals surface area contributed by atoms with Crippen molar-refractivity contribution in [3.05, 3.63) is 58.1 Å². The molecule has 1 fully saturated rings. The second-order valence-corrected chi connectivity index (χ2v) is 13.4. The molecular formula is C33H42ClNO6. The van der Waals surface area contributed by atoms with Crippen molar-refractivity contribution in [3.63, 3.8) is 0 Å². The highest BCUT2D eigenvalue weighted by Crippen LogP contribution is 2.46. The van der Waals surface area contributed by atoms with Gasteiger partial charge in [0, 0.05) is 30.1 Å². The van der Waals surface area contributed by atoms with E-state index in [9.17, 15) is 14.7 Å². The van der Waals surface area contributed by atoms with Crippen LogP contribution < -0.4 is 9.64 Å². The van der Waals surface area contributed by atoms with E-state index in [-0.39, 0.29) is 24.4 Å². The summed E-state index contributed by atoms with van der Waals surface area (Å²) >= 11 is 6.38. The highest BCUT2D eigenvalue weighted by atomic mass is 35.5. The van der Waals surface area contributed by atoms with Gasteiger partial charge in [0.1, 0.15) is 11.4 Å². The minimum absolute atomic E-state index is 0.114. The number of rotatable bonds is 7. The molecule has 2 aromatic rings. The molecule has 1 heterocycles. The molecule has 1 spiro atoms. The molecule has 4 atom stereocenters. The molecule has 0 aromatic heterocycles. The summed E-state index contributed by atoms with van der Waals surface area (Å²) in [7, 11) is 1.34. The molecule has 0 unspecified atom stereocenters. The molecule has 3 aliphatic rings. The van der Waals surface area contributed by atoms with Crippen LogP contribution in [0.25, 0.3) is 0 Å². The van der Waals surface area contributed by atoms with Gasteiger partial charge in [-0.25, -0.2) is 0 Å². The van der Waals surface area contributed by atoms with Crippen LogP contribution >= 0.6 is 11.6 Å². The van der Waals surface area contributed by atoms with E-state index in [0.717, 1.165) is 61.7 Å². The molecule has 41 heavy (non-hydrogen) atoms. The van der Waals surface area contributed by atoms with Crippen molar-refractivity contribution in [2.75, 3.05) is 38.3 Å². The summed E-state index contributed by atoms with van der Waals surface area (Å²) in [6.45, 7) is 7.69. The topological polar surface area (TPSA) is 85.3 Å². The number of carbonyl (C=O) groups is 2. The van der Waals surface area contributed by atoms with E-state index in [1.54, 1.807) is 0 Å². The van der Waals surface area contributed by atoms with Crippen LogP contribution in [0, 0.1) is 11.8 Å². The number of halogens is 1. The average Bonchev–Trinajstić information content (AvgIpc) is 3.05. The zero-order chi connectivity index (χ0) is 29.4. The van der Waals surface area contributed by atoms with Crippen LogP contribution in [0.4, 0.5) is 5.69 Å². The number of hydrogen-bond acceptors (Lipinski definition) is 7. The quantitative estimate of drug-likeness (QED) is 0.411. The maximum absolute atomic E-state index is 12.9. The number of esters is 2. The third kappa shape index (κ3) is 6.36. The summed E-state index contributed by atoms with van der Waals surface area (Å²) in [6, 6.07) is 12.0. The van der Waals surface area contributed by atoms with E-state index in [4.69, 9.17) is 25.8 Å². The molecule has 1 N–H and O–H groups in total. The fraction of sp³-hybridized carbons (Fsp3) is 0.576. The summed E-state index contributed by atoms with van der Waals surface area (Å²) in [4.78, 5) is 28.1. The van der Waals surface area contributed by atoms with E-state index < -0.39 is 23.5 Å². The molecule has 0 bridgehead atoms. The number of hydrogen-bond donors (Lipinski definition) is 1. The van der Waals surface area contributed by atoms with Gasteiger partial charge in [-0.1, -0.05) is 23.7 Å². The Hall–Kier alpha value is -2.77. The first-order valence-corrected chi connectivity index (χ1v) is 15.1. The molecular weight excluding hydrogens is 542 g/mol. The van der Waals surface area contributed by atoms with Crippen LogP contribution in [0.15, 0.2) is 36.4 Å². The number of aryl methyl sites for hydroxylation is 1. The zero-order valence-corrected chi connectivity index (χ0v) is 25.3. The van der Waals surface area contributed by atoms with Crippen LogP contribution in [-0.4, -0.2) is 56.1 Å². The van der Waals surface area contributed by atoms with E-state index in [1.807, 2.05) is 45.0 Å². The SMILES string of the molecule is COC(=O)[C@@H](CC(=O)OC(C)(C)C)c1ccc2c(c1)N(C[C@@H]1CC[C@H]1CO)C[C@@]1(CCCc3cc(Cl)ccc31)CO2. The maximum atomic E-state index is 12.9. The first-order valence-electron chi connectivity index (χ1n) is 14.7. The molecule has 0 radical (unpaired) electrons. The van der Waals surface area contributed by atoms with E-state index in [2.05, 4.69) is 17.0 Å². The molecule has 8 heteroatoms. The minimum atomic E-state index is -0.800. The summed E-state index contributed by atoms with van der Waals surface area (Å²) in [5.74, 6) is -0.316. The molecule has 5 rings (SSSR count). The summed E-state index contributed by atoms with van der Waals surface area (Å²) in [6.07, 6.45) is 5.03. The number of benzene rings is 2. The van der Waals surface area contributed by atoms with Gasteiger partial charge < -0.3 is 24.2 Å². The van der Waals surface area contributed by atoms with Gasteiger partial charge in [-0.3, -0.25) is 9.59 Å². The lowest BCUT2D eigenvalue weighted by molar-refractivity contribution is -0.158. The fourth-order valence-electron chi connectivity index (χ4n) is 6.78. The van der Waals surface area contributed by atoms with Crippen LogP contribution in [0.5, 0.6) is 5.75 Å². The van der Waals surface area contributed by atoms with E-state index >= 15 is 0 Å². The Kier molecular flexibility index (Phi) is 8.58. The number of fused-ring (bicyclic) bond motifs is 3. The van der Waals surface area contributed by atoms with Crippen molar-refractivity contribution in [3.8, 4) is 5.75 Å². The monoisotopic (exact) mass is 583 g/mol. The van der Waals surface area contributed by atoms with Crippen LogP contribution in [0.3, 0.4) is 0 Å². The lowest BCUT2D eigenvalue weighted by Gasteiger charge is -2.44. The second kappa shape index (κ2) is 11.8. The van der Waals surface area contributed by atoms with Crippen molar-refractivity contribution in [2.45, 2.75) is 76.2 Å². The van der Waals surface area contributed by atoms with Crippen molar-refractivity contribution in [1.82, 2.24) is 0 Å². The van der Waals surface area contributed by atoms with Crippen molar-refractivity contribution < 1.29 is 28.9 Å². The number of methoxy groups -OCH3 is 1. The Morgan fingerprint density at radius 1 is 1.17 bits per heavy atom. The van der Waals surface area contributed by atoms with Gasteiger partial charge in [0.25, 0.3) is 0 Å². The normalized spacial score (nSPS) is 24.3. The van der Waals surface area contributed by atoms with Crippen molar-refractivity contribution >= 4 is 29.2 Å². The highest BCUT2D eigenvalue weighted by Gasteiger charge is 2.43. The van der Waals surface area contributed by atoms with Gasteiger partial charge in [0.05, 0.1) is 31.7 Å². The number of aliphatic hydroxyl groups excluding tert-OH is 1. The lowest BCUT2D eigenvalue weighted by atomic mass is 9.69. The first-order chi connectivity index (χ1) is 19.5. The number of aliphatic hydroxyl groups is 1. The number of carbonyl (C=O) groups excluding carboxylic acids is 2. The Morgan fingerprint density at radius 3 is 2.63 bits per heavy atom. The fourth-order valence-corrected chi connectivity index (χ4v) is 6.97. The molecule has 0 amide bonds. The molecule has 0 saturated heterocycles. The standard InChI is InChI=1S/C33H42ClNO6/c1-32(2,3)41-30(37)16-26(31(38)39-4)21-9-12-29-28(15-21)35(17-23-7-8-24(23)18-36)19-33(20-40-29)13-5-6-22-14-25(34)10-11-27(22)33/h9-12,14-15,23-24,26,36H,5-8,13,16-20H2,1-4H3/t23-,24-,26-,33-/m0/s1. The predicted octanol–water partition coefficient (Wildman–Crippen LogP) is 5.82. The second-order valence-electron chi connectivity index (χ2n) is 13.0. The van der Waals surface area contributed by atoms with E-state index in [1.165, 1.54) is 18.2 Å². The summed E-state index contributed by atoms with van der Waals surface area (Å²) < 4.78 is 17.2. The highest BCUT2D eigenvalue weighted by molar-refractivity contribution is 6.30. The van der Waals surface area contributed by atoms with E-state index in [0.29, 0.717) is 18.1 Å². The third-order valence-corrected chi connectivity index (χ3v) is 9.24. The summed E-state index contributed by atoms with van der Waals surface area (Å²) in [5, 5.41) is 10.7. The van der Waals surface area contributed by atoms with Gasteiger partial charge in [0.2, 0.25) is 0 Å². The molecule has 2 aromatic carbocycles. The van der Waals surface area contributed by atoms with Gasteiger partial charge >= 0.3 is 11.9 Å². The van der Waals surface area contributed by atoms with Gasteiger partial charge in [-0.2, -0.15) is 0 Å². The first kappa shape index (κ1) is 29.7. The predicted molar refractivity (Wildman–Crippen MR) is 159 cm³/mol. The maximum Gasteiger partial charge on any atom is 0.313 e. The summed E-state index contributed by atoms with van der Waals surface area (Å²) in [5.41, 5.74) is 3.29. The number of ether oxygens (including phenoxy) is 3. The average molecular weight is 584 g/mol. The van der Waals surface area contributed by atoms with Crippen molar-refractivity contribution in [1.29, 1.82) is 0 Å². The Balaban J connectivity index is 1.52. The number of nitrogens with zero attached hydrogens (tertiary/aromatic N) is 1.